The Hall–Kier alpha value is -3.48. The molecule has 0 unspecified atom stereocenters. The summed E-state index contributed by atoms with van der Waals surface area (Å²) in [7, 11) is 0. The summed E-state index contributed by atoms with van der Waals surface area (Å²) in [5.41, 5.74) is 2.75. The molecule has 7 nitrogen and oxygen atoms in total. The highest BCUT2D eigenvalue weighted by Crippen LogP contribution is 2.13. The van der Waals surface area contributed by atoms with E-state index in [0.717, 1.165) is 17.5 Å². The lowest BCUT2D eigenvalue weighted by atomic mass is 10.1. The largest absolute Gasteiger partial charge is 0.452 e. The number of nitro benzene ring substituents is 1. The molecular formula is C22H24N2O5. The Morgan fingerprint density at radius 1 is 1.10 bits per heavy atom. The molecular weight excluding hydrogens is 372 g/mol. The number of hydrogen-bond donors (Lipinski definition) is 0. The smallest absolute Gasteiger partial charge is 0.331 e. The zero-order chi connectivity index (χ0) is 21.2. The van der Waals surface area contributed by atoms with E-state index in [9.17, 15) is 19.7 Å². The van der Waals surface area contributed by atoms with Crippen LogP contribution in [0.3, 0.4) is 0 Å². The summed E-state index contributed by atoms with van der Waals surface area (Å²) in [4.78, 5) is 36.1. The van der Waals surface area contributed by atoms with Crippen molar-refractivity contribution in [2.75, 3.05) is 13.2 Å². The minimum Gasteiger partial charge on any atom is -0.452 e. The average molecular weight is 396 g/mol. The number of benzene rings is 2. The number of carbonyl (C=O) groups is 2. The fourth-order valence-corrected chi connectivity index (χ4v) is 2.62. The van der Waals surface area contributed by atoms with Crippen molar-refractivity contribution in [3.63, 3.8) is 0 Å². The number of amides is 1. The monoisotopic (exact) mass is 396 g/mol. The van der Waals surface area contributed by atoms with Crippen LogP contribution in [0.15, 0.2) is 54.6 Å². The van der Waals surface area contributed by atoms with Crippen molar-refractivity contribution in [2.45, 2.75) is 26.8 Å². The van der Waals surface area contributed by atoms with Gasteiger partial charge in [-0.1, -0.05) is 36.8 Å². The van der Waals surface area contributed by atoms with Gasteiger partial charge in [0.15, 0.2) is 6.61 Å². The minimum absolute atomic E-state index is 0.0279. The van der Waals surface area contributed by atoms with Crippen LogP contribution in [0.5, 0.6) is 0 Å². The molecule has 2 aromatic rings. The van der Waals surface area contributed by atoms with Crippen molar-refractivity contribution < 1.29 is 19.2 Å². The van der Waals surface area contributed by atoms with Crippen molar-refractivity contribution in [1.82, 2.24) is 4.90 Å². The SMILES string of the molecule is CCCN(Cc1ccc(C)cc1)C(=O)COC(=O)/C=C/c1ccc([N+](=O)[O-])cc1. The highest BCUT2D eigenvalue weighted by molar-refractivity contribution is 5.89. The van der Waals surface area contributed by atoms with Gasteiger partial charge in [-0.25, -0.2) is 4.79 Å². The van der Waals surface area contributed by atoms with Gasteiger partial charge in [-0.15, -0.1) is 0 Å². The summed E-state index contributed by atoms with van der Waals surface area (Å²) in [5, 5.41) is 10.6. The molecule has 2 aromatic carbocycles. The first-order valence-electron chi connectivity index (χ1n) is 9.31. The van der Waals surface area contributed by atoms with Crippen molar-refractivity contribution in [3.8, 4) is 0 Å². The first kappa shape index (κ1) is 21.8. The molecule has 0 N–H and O–H groups in total. The quantitative estimate of drug-likeness (QED) is 0.278. The second kappa shape index (κ2) is 10.8. The van der Waals surface area contributed by atoms with Gasteiger partial charge in [0.1, 0.15) is 0 Å². The summed E-state index contributed by atoms with van der Waals surface area (Å²) in [6.07, 6.45) is 3.47. The van der Waals surface area contributed by atoms with Crippen LogP contribution in [0.1, 0.15) is 30.0 Å². The number of hydrogen-bond acceptors (Lipinski definition) is 5. The van der Waals surface area contributed by atoms with Crippen LogP contribution in [0.2, 0.25) is 0 Å². The first-order chi connectivity index (χ1) is 13.9. The average Bonchev–Trinajstić information content (AvgIpc) is 2.72. The van der Waals surface area contributed by atoms with Crippen LogP contribution in [-0.2, 0) is 20.9 Å². The predicted molar refractivity (Wildman–Crippen MR) is 110 cm³/mol. The molecule has 0 aromatic heterocycles. The normalized spacial score (nSPS) is 10.7. The van der Waals surface area contributed by atoms with Crippen LogP contribution in [0, 0.1) is 17.0 Å². The van der Waals surface area contributed by atoms with Gasteiger partial charge in [0.2, 0.25) is 0 Å². The number of rotatable bonds is 9. The Balaban J connectivity index is 1.88. The number of non-ortho nitro benzene ring substituents is 1. The Labute approximate surface area is 169 Å². The zero-order valence-corrected chi connectivity index (χ0v) is 16.5. The minimum atomic E-state index is -0.650. The zero-order valence-electron chi connectivity index (χ0n) is 16.5. The Morgan fingerprint density at radius 2 is 1.76 bits per heavy atom. The third-order valence-corrected chi connectivity index (χ3v) is 4.19. The van der Waals surface area contributed by atoms with Gasteiger partial charge in [0, 0.05) is 31.3 Å². The molecule has 0 aliphatic rings. The third kappa shape index (κ3) is 7.21. The molecule has 2 rings (SSSR count). The fraction of sp³-hybridized carbons (Fsp3) is 0.273. The summed E-state index contributed by atoms with van der Waals surface area (Å²) in [5.74, 6) is -0.909. The molecule has 29 heavy (non-hydrogen) atoms. The van der Waals surface area contributed by atoms with Crippen LogP contribution in [0.4, 0.5) is 5.69 Å². The van der Waals surface area contributed by atoms with E-state index in [4.69, 9.17) is 4.74 Å². The molecule has 0 bridgehead atoms. The van der Waals surface area contributed by atoms with Crippen molar-refractivity contribution in [1.29, 1.82) is 0 Å². The second-order valence-corrected chi connectivity index (χ2v) is 6.59. The van der Waals surface area contributed by atoms with Gasteiger partial charge in [0.05, 0.1) is 4.92 Å². The lowest BCUT2D eigenvalue weighted by Gasteiger charge is -2.22. The van der Waals surface area contributed by atoms with E-state index in [1.807, 2.05) is 38.1 Å². The van der Waals surface area contributed by atoms with Gasteiger partial charge in [-0.05, 0) is 42.7 Å². The molecule has 1 amide bonds. The van der Waals surface area contributed by atoms with E-state index >= 15 is 0 Å². The highest BCUT2D eigenvalue weighted by atomic mass is 16.6. The van der Waals surface area contributed by atoms with Crippen molar-refractivity contribution >= 4 is 23.6 Å². The molecule has 0 saturated heterocycles. The summed E-state index contributed by atoms with van der Waals surface area (Å²) >= 11 is 0. The first-order valence-corrected chi connectivity index (χ1v) is 9.31. The standard InChI is InChI=1S/C22H24N2O5/c1-3-14-23(15-19-6-4-17(2)5-7-19)21(25)16-29-22(26)13-10-18-8-11-20(12-9-18)24(27)28/h4-13H,3,14-16H2,1-2H3/b13-10+. The Bertz CT molecular complexity index is 873. The van der Waals surface area contributed by atoms with E-state index in [1.54, 1.807) is 4.90 Å². The highest BCUT2D eigenvalue weighted by Gasteiger charge is 2.15. The van der Waals surface area contributed by atoms with Crippen LogP contribution >= 0.6 is 0 Å². The molecule has 0 aliphatic carbocycles. The number of aryl methyl sites for hydroxylation is 1. The molecule has 0 heterocycles. The fourth-order valence-electron chi connectivity index (χ4n) is 2.62. The molecule has 0 saturated carbocycles. The van der Waals surface area contributed by atoms with Gasteiger partial charge >= 0.3 is 5.97 Å². The second-order valence-electron chi connectivity index (χ2n) is 6.59. The topological polar surface area (TPSA) is 89.8 Å². The lowest BCUT2D eigenvalue weighted by molar-refractivity contribution is -0.384. The lowest BCUT2D eigenvalue weighted by Crippen LogP contribution is -2.34. The van der Waals surface area contributed by atoms with Gasteiger partial charge in [0.25, 0.3) is 11.6 Å². The maximum absolute atomic E-state index is 12.4. The summed E-state index contributed by atoms with van der Waals surface area (Å²) in [6.45, 7) is 4.68. The molecule has 0 radical (unpaired) electrons. The number of ether oxygens (including phenoxy) is 1. The summed E-state index contributed by atoms with van der Waals surface area (Å²) < 4.78 is 5.05. The van der Waals surface area contributed by atoms with Gasteiger partial charge < -0.3 is 9.64 Å². The molecule has 0 fully saturated rings. The molecule has 7 heteroatoms. The van der Waals surface area contributed by atoms with Crippen LogP contribution in [-0.4, -0.2) is 34.9 Å². The summed E-state index contributed by atoms with van der Waals surface area (Å²) in [6, 6.07) is 13.7. The van der Waals surface area contributed by atoms with E-state index in [-0.39, 0.29) is 18.2 Å². The number of esters is 1. The Kier molecular flexibility index (Phi) is 8.09. The van der Waals surface area contributed by atoms with Crippen LogP contribution in [0.25, 0.3) is 6.08 Å². The third-order valence-electron chi connectivity index (χ3n) is 4.19. The molecule has 0 spiro atoms. The van der Waals surface area contributed by atoms with Gasteiger partial charge in [-0.3, -0.25) is 14.9 Å². The molecule has 0 atom stereocenters. The van der Waals surface area contributed by atoms with E-state index in [1.165, 1.54) is 36.4 Å². The maximum Gasteiger partial charge on any atom is 0.331 e. The number of carbonyl (C=O) groups excluding carboxylic acids is 2. The van der Waals surface area contributed by atoms with Crippen molar-refractivity contribution in [2.24, 2.45) is 0 Å². The maximum atomic E-state index is 12.4. The molecule has 152 valence electrons. The predicted octanol–water partition coefficient (Wildman–Crippen LogP) is 3.90. The number of nitrogens with zero attached hydrogens (tertiary/aromatic N) is 2. The van der Waals surface area contributed by atoms with E-state index < -0.39 is 10.9 Å². The van der Waals surface area contributed by atoms with E-state index in [0.29, 0.717) is 18.7 Å². The van der Waals surface area contributed by atoms with E-state index in [2.05, 4.69) is 0 Å². The van der Waals surface area contributed by atoms with Crippen molar-refractivity contribution in [3.05, 3.63) is 81.4 Å². The molecule has 0 aliphatic heterocycles. The van der Waals surface area contributed by atoms with Gasteiger partial charge in [-0.2, -0.15) is 0 Å². The number of nitro groups is 1. The Morgan fingerprint density at radius 3 is 2.34 bits per heavy atom. The van der Waals surface area contributed by atoms with Crippen LogP contribution < -0.4 is 0 Å².